The highest BCUT2D eigenvalue weighted by Gasteiger charge is 2.43. The standard InChI is InChI=1S/C16H23NO3S/c1-11-7-6-8-14-15(11)17(13(3)16(14,4)5)10-9-12(2)21-20-19-18/h6-8,12H,9-10H2,1-5H3. The van der Waals surface area contributed by atoms with Crippen LogP contribution in [0.25, 0.3) is 0 Å². The van der Waals surface area contributed by atoms with Crippen LogP contribution in [0.15, 0.2) is 18.2 Å². The summed E-state index contributed by atoms with van der Waals surface area (Å²) in [6.07, 6.45) is 0.912. The Morgan fingerprint density at radius 3 is 2.71 bits per heavy atom. The van der Waals surface area contributed by atoms with Crippen LogP contribution in [-0.2, 0) is 14.8 Å². The van der Waals surface area contributed by atoms with Crippen LogP contribution in [0.3, 0.4) is 0 Å². The van der Waals surface area contributed by atoms with Gasteiger partial charge in [-0.1, -0.05) is 25.1 Å². The normalized spacial score (nSPS) is 18.0. The van der Waals surface area contributed by atoms with E-state index in [1.54, 1.807) is 0 Å². The number of rotatable bonds is 6. The van der Waals surface area contributed by atoms with E-state index < -0.39 is 0 Å². The van der Waals surface area contributed by atoms with E-state index in [0.717, 1.165) is 25.0 Å². The van der Waals surface area contributed by atoms with Crippen molar-refractivity contribution in [2.45, 2.75) is 51.7 Å². The molecule has 1 aliphatic heterocycles. The van der Waals surface area contributed by atoms with E-state index in [0.29, 0.717) is 0 Å². The lowest BCUT2D eigenvalue weighted by Gasteiger charge is -2.14. The zero-order valence-corrected chi connectivity index (χ0v) is 14.1. The summed E-state index contributed by atoms with van der Waals surface area (Å²) in [5, 5.41) is 13.5. The van der Waals surface area contributed by atoms with Gasteiger partial charge in [0.1, 0.15) is 6.54 Å². The summed E-state index contributed by atoms with van der Waals surface area (Å²) < 4.78 is 6.81. The Morgan fingerprint density at radius 2 is 2.05 bits per heavy atom. The summed E-state index contributed by atoms with van der Waals surface area (Å²) in [6.45, 7) is 11.8. The molecule has 0 aromatic heterocycles. The molecular weight excluding hydrogens is 286 g/mol. The fourth-order valence-electron chi connectivity index (χ4n) is 2.94. The topological polar surface area (TPSA) is 44.5 Å². The van der Waals surface area contributed by atoms with Crippen LogP contribution in [0.4, 0.5) is 5.69 Å². The van der Waals surface area contributed by atoms with Gasteiger partial charge in [0.2, 0.25) is 5.69 Å². The first kappa shape index (κ1) is 16.5. The second-order valence-corrected chi connectivity index (χ2v) is 7.30. The number of benzene rings is 1. The summed E-state index contributed by atoms with van der Waals surface area (Å²) in [5.74, 6) is 0. The molecule has 2 rings (SSSR count). The van der Waals surface area contributed by atoms with Gasteiger partial charge in [-0.25, -0.2) is 0 Å². The second kappa shape index (κ2) is 6.48. The first-order chi connectivity index (χ1) is 9.89. The van der Waals surface area contributed by atoms with Crippen molar-refractivity contribution in [2.24, 2.45) is 0 Å². The maximum absolute atomic E-state index is 9.88. The van der Waals surface area contributed by atoms with Gasteiger partial charge in [-0.05, 0) is 20.8 Å². The third-order valence-electron chi connectivity index (χ3n) is 4.48. The quantitative estimate of drug-likeness (QED) is 0.351. The summed E-state index contributed by atoms with van der Waals surface area (Å²) in [5.41, 5.74) is 5.45. The third kappa shape index (κ3) is 3.16. The number of fused-ring (bicyclic) bond motifs is 1. The average Bonchev–Trinajstić information content (AvgIpc) is 2.64. The number of hydrogen-bond donors (Lipinski definition) is 0. The molecule has 1 aliphatic rings. The van der Waals surface area contributed by atoms with Crippen LogP contribution < -0.4 is 5.26 Å². The zero-order valence-electron chi connectivity index (χ0n) is 13.3. The fourth-order valence-corrected chi connectivity index (χ4v) is 3.31. The minimum absolute atomic E-state index is 0.0619. The lowest BCUT2D eigenvalue weighted by molar-refractivity contribution is -0.777. The van der Waals surface area contributed by atoms with E-state index in [1.807, 2.05) is 6.92 Å². The van der Waals surface area contributed by atoms with E-state index in [1.165, 1.54) is 22.5 Å². The van der Waals surface area contributed by atoms with Crippen molar-refractivity contribution in [3.8, 4) is 0 Å². The Labute approximate surface area is 130 Å². The first-order valence-corrected chi connectivity index (χ1v) is 8.03. The second-order valence-electron chi connectivity index (χ2n) is 6.16. The molecule has 0 aliphatic carbocycles. The van der Waals surface area contributed by atoms with Crippen molar-refractivity contribution in [1.29, 1.82) is 0 Å². The lowest BCUT2D eigenvalue weighted by Crippen LogP contribution is -2.27. The Balaban J connectivity index is 2.22. The predicted molar refractivity (Wildman–Crippen MR) is 83.5 cm³/mol. The fraction of sp³-hybridized carbons (Fsp3) is 0.562. The molecule has 0 N–H and O–H groups in total. The van der Waals surface area contributed by atoms with Gasteiger partial charge in [-0.2, -0.15) is 8.91 Å². The number of aryl methyl sites for hydroxylation is 1. The SMILES string of the molecule is CC1=[N+](CCC(C)SOO[O-])c2c(C)cccc2C1(C)C. The summed E-state index contributed by atoms with van der Waals surface area (Å²) in [7, 11) is 0. The van der Waals surface area contributed by atoms with Crippen LogP contribution >= 0.6 is 12.0 Å². The van der Waals surface area contributed by atoms with Crippen molar-refractivity contribution in [3.63, 3.8) is 0 Å². The molecule has 0 fully saturated rings. The van der Waals surface area contributed by atoms with Crippen molar-refractivity contribution in [2.75, 3.05) is 6.54 Å². The van der Waals surface area contributed by atoms with Crippen LogP contribution in [0.1, 0.15) is 45.2 Å². The molecule has 1 atom stereocenters. The highest BCUT2D eigenvalue weighted by atomic mass is 32.2. The number of hydrogen-bond acceptors (Lipinski definition) is 4. The molecule has 0 amide bonds. The number of nitrogens with zero attached hydrogens (tertiary/aromatic N) is 1. The van der Waals surface area contributed by atoms with Gasteiger partial charge >= 0.3 is 0 Å². The summed E-state index contributed by atoms with van der Waals surface area (Å²) in [6, 6.07) is 6.51. The van der Waals surface area contributed by atoms with Crippen molar-refractivity contribution in [3.05, 3.63) is 29.3 Å². The third-order valence-corrected chi connectivity index (χ3v) is 5.18. The Kier molecular flexibility index (Phi) is 5.09. The van der Waals surface area contributed by atoms with Gasteiger partial charge < -0.3 is 5.26 Å². The van der Waals surface area contributed by atoms with Crippen LogP contribution in [-0.4, -0.2) is 22.1 Å². The van der Waals surface area contributed by atoms with Crippen LogP contribution in [0, 0.1) is 6.92 Å². The highest BCUT2D eigenvalue weighted by molar-refractivity contribution is 7.95. The molecule has 1 aromatic rings. The predicted octanol–water partition coefficient (Wildman–Crippen LogP) is 3.04. The van der Waals surface area contributed by atoms with Gasteiger partial charge in [0.25, 0.3) is 0 Å². The molecule has 0 spiro atoms. The Bertz CT molecular complexity index is 554. The molecule has 1 aromatic carbocycles. The molecule has 0 saturated carbocycles. The molecular formula is C16H23NO3S. The summed E-state index contributed by atoms with van der Waals surface area (Å²) >= 11 is 1.08. The van der Waals surface area contributed by atoms with Crippen molar-refractivity contribution in [1.82, 2.24) is 0 Å². The molecule has 0 saturated heterocycles. The molecule has 0 bridgehead atoms. The zero-order chi connectivity index (χ0) is 15.6. The maximum atomic E-state index is 9.88. The van der Waals surface area contributed by atoms with E-state index in [2.05, 4.69) is 59.8 Å². The minimum Gasteiger partial charge on any atom is -0.691 e. The highest BCUT2D eigenvalue weighted by Crippen LogP contribution is 2.41. The largest absolute Gasteiger partial charge is 0.691 e. The molecule has 21 heavy (non-hydrogen) atoms. The number of para-hydroxylation sites is 1. The minimum atomic E-state index is 0.0619. The first-order valence-electron chi connectivity index (χ1n) is 7.23. The monoisotopic (exact) mass is 309 g/mol. The van der Waals surface area contributed by atoms with Crippen LogP contribution in [0.2, 0.25) is 0 Å². The van der Waals surface area contributed by atoms with E-state index in [-0.39, 0.29) is 10.7 Å². The molecule has 116 valence electrons. The van der Waals surface area contributed by atoms with E-state index >= 15 is 0 Å². The van der Waals surface area contributed by atoms with Crippen molar-refractivity contribution >= 4 is 23.4 Å². The van der Waals surface area contributed by atoms with E-state index in [4.69, 9.17) is 0 Å². The molecule has 4 nitrogen and oxygen atoms in total. The molecule has 0 radical (unpaired) electrons. The lowest BCUT2D eigenvalue weighted by atomic mass is 9.82. The van der Waals surface area contributed by atoms with Gasteiger partial charge in [-0.3, -0.25) is 5.04 Å². The van der Waals surface area contributed by atoms with Crippen LogP contribution in [0.5, 0.6) is 0 Å². The Hall–Kier alpha value is -0.880. The molecule has 1 heterocycles. The van der Waals surface area contributed by atoms with Crippen molar-refractivity contribution < 1.29 is 19.2 Å². The van der Waals surface area contributed by atoms with E-state index in [9.17, 15) is 5.26 Å². The van der Waals surface area contributed by atoms with Gasteiger partial charge in [0, 0.05) is 41.8 Å². The van der Waals surface area contributed by atoms with Gasteiger partial charge in [-0.15, -0.1) is 0 Å². The molecule has 1 unspecified atom stereocenters. The van der Waals surface area contributed by atoms with Gasteiger partial charge in [0.05, 0.1) is 5.41 Å². The average molecular weight is 309 g/mol. The Morgan fingerprint density at radius 1 is 1.33 bits per heavy atom. The molecule has 5 heteroatoms. The van der Waals surface area contributed by atoms with Gasteiger partial charge in [0.15, 0.2) is 5.71 Å². The summed E-state index contributed by atoms with van der Waals surface area (Å²) in [4.78, 5) is 0. The maximum Gasteiger partial charge on any atom is 0.212 e. The smallest absolute Gasteiger partial charge is 0.212 e.